The van der Waals surface area contributed by atoms with Gasteiger partial charge in [0.15, 0.2) is 0 Å². The summed E-state index contributed by atoms with van der Waals surface area (Å²) in [6.45, 7) is 4.28. The fourth-order valence-corrected chi connectivity index (χ4v) is 2.57. The standard InChI is InChI=1S/C19H20N4O2/c1-13-5-7-15(8-6-13)22-18(25)10-17(24)20-11-16-12-21-19-14(2)4-3-9-23(16)19/h3-9,12H,10-11H2,1-2H3,(H,20,24)(H,22,25). The summed E-state index contributed by atoms with van der Waals surface area (Å²) in [7, 11) is 0. The fourth-order valence-electron chi connectivity index (χ4n) is 2.57. The van der Waals surface area contributed by atoms with Gasteiger partial charge in [-0.15, -0.1) is 0 Å². The lowest BCUT2D eigenvalue weighted by Gasteiger charge is -2.07. The first kappa shape index (κ1) is 16.7. The number of aryl methyl sites for hydroxylation is 2. The molecule has 0 fully saturated rings. The minimum Gasteiger partial charge on any atom is -0.350 e. The average molecular weight is 336 g/mol. The molecule has 6 heteroatoms. The van der Waals surface area contributed by atoms with Crippen LogP contribution in [0.25, 0.3) is 5.65 Å². The number of amides is 2. The topological polar surface area (TPSA) is 75.5 Å². The van der Waals surface area contributed by atoms with E-state index in [0.717, 1.165) is 22.5 Å². The van der Waals surface area contributed by atoms with Crippen molar-refractivity contribution in [2.45, 2.75) is 26.8 Å². The highest BCUT2D eigenvalue weighted by molar-refractivity contribution is 6.03. The summed E-state index contributed by atoms with van der Waals surface area (Å²) in [6.07, 6.45) is 3.42. The Labute approximate surface area is 145 Å². The molecule has 0 spiro atoms. The van der Waals surface area contributed by atoms with E-state index in [0.29, 0.717) is 12.2 Å². The minimum absolute atomic E-state index is 0.219. The first-order valence-electron chi connectivity index (χ1n) is 8.08. The molecule has 2 amide bonds. The quantitative estimate of drug-likeness (QED) is 0.703. The number of imidazole rings is 1. The summed E-state index contributed by atoms with van der Waals surface area (Å²) >= 11 is 0. The van der Waals surface area contributed by atoms with Crippen LogP contribution in [0.15, 0.2) is 48.8 Å². The van der Waals surface area contributed by atoms with Crippen LogP contribution in [0.5, 0.6) is 0 Å². The van der Waals surface area contributed by atoms with Crippen molar-refractivity contribution >= 4 is 23.1 Å². The Bertz CT molecular complexity index is 913. The third-order valence-electron chi connectivity index (χ3n) is 3.93. The summed E-state index contributed by atoms with van der Waals surface area (Å²) in [5.74, 6) is -0.664. The Balaban J connectivity index is 1.54. The summed E-state index contributed by atoms with van der Waals surface area (Å²) in [5.41, 5.74) is 4.59. The van der Waals surface area contributed by atoms with Crippen LogP contribution < -0.4 is 10.6 Å². The predicted molar refractivity (Wildman–Crippen MR) is 96.2 cm³/mol. The second-order valence-electron chi connectivity index (χ2n) is 6.00. The zero-order chi connectivity index (χ0) is 17.8. The maximum absolute atomic E-state index is 12.0. The Kier molecular flexibility index (Phi) is 4.79. The molecule has 3 rings (SSSR count). The van der Waals surface area contributed by atoms with Gasteiger partial charge < -0.3 is 15.0 Å². The lowest BCUT2D eigenvalue weighted by molar-refractivity contribution is -0.126. The number of carbonyl (C=O) groups excluding carboxylic acids is 2. The minimum atomic E-state index is -0.338. The highest BCUT2D eigenvalue weighted by Gasteiger charge is 2.11. The molecule has 0 aliphatic rings. The van der Waals surface area contributed by atoms with E-state index >= 15 is 0 Å². The first-order chi connectivity index (χ1) is 12.0. The number of nitrogens with one attached hydrogen (secondary N) is 2. The Morgan fingerprint density at radius 1 is 1.08 bits per heavy atom. The number of hydrogen-bond donors (Lipinski definition) is 2. The van der Waals surface area contributed by atoms with Crippen LogP contribution in [-0.4, -0.2) is 21.2 Å². The highest BCUT2D eigenvalue weighted by atomic mass is 16.2. The smallest absolute Gasteiger partial charge is 0.233 e. The largest absolute Gasteiger partial charge is 0.350 e. The van der Waals surface area contributed by atoms with Crippen molar-refractivity contribution in [2.24, 2.45) is 0 Å². The molecule has 1 aromatic carbocycles. The summed E-state index contributed by atoms with van der Waals surface area (Å²) in [4.78, 5) is 28.3. The number of carbonyl (C=O) groups is 2. The van der Waals surface area contributed by atoms with Crippen LogP contribution in [0.3, 0.4) is 0 Å². The zero-order valence-electron chi connectivity index (χ0n) is 14.2. The predicted octanol–water partition coefficient (Wildman–Crippen LogP) is 2.60. The highest BCUT2D eigenvalue weighted by Crippen LogP contribution is 2.11. The van der Waals surface area contributed by atoms with Gasteiger partial charge >= 0.3 is 0 Å². The van der Waals surface area contributed by atoms with Crippen LogP contribution in [0, 0.1) is 13.8 Å². The van der Waals surface area contributed by atoms with Crippen LogP contribution >= 0.6 is 0 Å². The van der Waals surface area contributed by atoms with Crippen molar-refractivity contribution in [3.05, 3.63) is 65.6 Å². The molecule has 0 bridgehead atoms. The van der Waals surface area contributed by atoms with Gasteiger partial charge in [-0.25, -0.2) is 4.98 Å². The zero-order valence-corrected chi connectivity index (χ0v) is 14.2. The summed E-state index contributed by atoms with van der Waals surface area (Å²) in [6, 6.07) is 11.4. The number of fused-ring (bicyclic) bond motifs is 1. The van der Waals surface area contributed by atoms with E-state index in [1.165, 1.54) is 0 Å². The molecule has 25 heavy (non-hydrogen) atoms. The van der Waals surface area contributed by atoms with Crippen molar-refractivity contribution in [3.63, 3.8) is 0 Å². The molecule has 3 aromatic rings. The van der Waals surface area contributed by atoms with E-state index < -0.39 is 0 Å². The van der Waals surface area contributed by atoms with Crippen LogP contribution in [0.4, 0.5) is 5.69 Å². The van der Waals surface area contributed by atoms with Crippen LogP contribution in [-0.2, 0) is 16.1 Å². The van der Waals surface area contributed by atoms with E-state index in [9.17, 15) is 9.59 Å². The van der Waals surface area contributed by atoms with Gasteiger partial charge in [0.05, 0.1) is 18.4 Å². The van der Waals surface area contributed by atoms with Crippen molar-refractivity contribution in [2.75, 3.05) is 5.32 Å². The van der Waals surface area contributed by atoms with E-state index in [1.54, 1.807) is 6.20 Å². The molecule has 2 heterocycles. The van der Waals surface area contributed by atoms with Gasteiger partial charge in [0.25, 0.3) is 0 Å². The summed E-state index contributed by atoms with van der Waals surface area (Å²) in [5, 5.41) is 5.47. The van der Waals surface area contributed by atoms with Gasteiger partial charge in [-0.1, -0.05) is 23.8 Å². The molecule has 0 atom stereocenters. The van der Waals surface area contributed by atoms with Gasteiger partial charge in [0.2, 0.25) is 11.8 Å². The van der Waals surface area contributed by atoms with Gasteiger partial charge in [-0.05, 0) is 37.6 Å². The molecule has 6 nitrogen and oxygen atoms in total. The number of hydrogen-bond acceptors (Lipinski definition) is 3. The molecule has 0 aliphatic carbocycles. The molecule has 2 aromatic heterocycles. The lowest BCUT2D eigenvalue weighted by atomic mass is 10.2. The third-order valence-corrected chi connectivity index (χ3v) is 3.93. The molecule has 0 saturated heterocycles. The molecular weight excluding hydrogens is 316 g/mol. The van der Waals surface area contributed by atoms with Crippen LogP contribution in [0.1, 0.15) is 23.2 Å². The van der Waals surface area contributed by atoms with E-state index in [1.807, 2.05) is 60.8 Å². The Morgan fingerprint density at radius 2 is 1.84 bits per heavy atom. The molecule has 0 saturated carbocycles. The average Bonchev–Trinajstić information content (AvgIpc) is 2.99. The molecule has 0 unspecified atom stereocenters. The molecule has 2 N–H and O–H groups in total. The number of benzene rings is 1. The van der Waals surface area contributed by atoms with E-state index in [4.69, 9.17) is 0 Å². The van der Waals surface area contributed by atoms with Gasteiger partial charge in [-0.3, -0.25) is 9.59 Å². The van der Waals surface area contributed by atoms with E-state index in [2.05, 4.69) is 15.6 Å². The molecular formula is C19H20N4O2. The normalized spacial score (nSPS) is 10.6. The van der Waals surface area contributed by atoms with Crippen molar-refractivity contribution in [1.29, 1.82) is 0 Å². The van der Waals surface area contributed by atoms with Crippen molar-refractivity contribution in [3.8, 4) is 0 Å². The maximum Gasteiger partial charge on any atom is 0.233 e. The maximum atomic E-state index is 12.0. The van der Waals surface area contributed by atoms with E-state index in [-0.39, 0.29) is 18.2 Å². The number of rotatable bonds is 5. The molecule has 0 radical (unpaired) electrons. The second kappa shape index (κ2) is 7.17. The van der Waals surface area contributed by atoms with Gasteiger partial charge in [0.1, 0.15) is 12.1 Å². The van der Waals surface area contributed by atoms with Crippen LogP contribution in [0.2, 0.25) is 0 Å². The number of aromatic nitrogens is 2. The SMILES string of the molecule is Cc1ccc(NC(=O)CC(=O)NCc2cnc3c(C)cccn23)cc1. The molecule has 128 valence electrons. The Hall–Kier alpha value is -3.15. The first-order valence-corrected chi connectivity index (χ1v) is 8.08. The summed E-state index contributed by atoms with van der Waals surface area (Å²) < 4.78 is 1.93. The number of pyridine rings is 1. The van der Waals surface area contributed by atoms with Crippen molar-refractivity contribution < 1.29 is 9.59 Å². The van der Waals surface area contributed by atoms with Gasteiger partial charge in [0, 0.05) is 11.9 Å². The number of anilines is 1. The van der Waals surface area contributed by atoms with Gasteiger partial charge in [-0.2, -0.15) is 0 Å². The monoisotopic (exact) mass is 336 g/mol. The third kappa shape index (κ3) is 4.03. The van der Waals surface area contributed by atoms with Crippen molar-refractivity contribution in [1.82, 2.24) is 14.7 Å². The lowest BCUT2D eigenvalue weighted by Crippen LogP contribution is -2.28. The molecule has 0 aliphatic heterocycles. The Morgan fingerprint density at radius 3 is 2.60 bits per heavy atom. The fraction of sp³-hybridized carbons (Fsp3) is 0.211. The second-order valence-corrected chi connectivity index (χ2v) is 6.00. The number of nitrogens with zero attached hydrogens (tertiary/aromatic N) is 2.